The van der Waals surface area contributed by atoms with Gasteiger partial charge in [-0.25, -0.2) is 0 Å². The third kappa shape index (κ3) is 4.20. The van der Waals surface area contributed by atoms with Crippen molar-refractivity contribution in [2.75, 3.05) is 5.32 Å². The number of rotatable bonds is 6. The Hall–Kier alpha value is -2.23. The van der Waals surface area contributed by atoms with Crippen molar-refractivity contribution < 1.29 is 0 Å². The molecule has 0 aliphatic heterocycles. The van der Waals surface area contributed by atoms with Crippen molar-refractivity contribution in [3.8, 4) is 0 Å². The Labute approximate surface area is 173 Å². The van der Waals surface area contributed by atoms with Crippen molar-refractivity contribution in [1.29, 1.82) is 0 Å². The van der Waals surface area contributed by atoms with E-state index in [-0.39, 0.29) is 6.04 Å². The van der Waals surface area contributed by atoms with E-state index >= 15 is 0 Å². The number of nitrogens with one attached hydrogen (secondary N) is 1. The summed E-state index contributed by atoms with van der Waals surface area (Å²) in [5, 5.41) is 22.8. The highest BCUT2D eigenvalue weighted by Gasteiger charge is 2.15. The number of nitrogens with zero attached hydrogens (tertiary/aromatic N) is 6. The lowest BCUT2D eigenvalue weighted by Gasteiger charge is -2.06. The molecule has 0 spiro atoms. The van der Waals surface area contributed by atoms with E-state index in [9.17, 15) is 0 Å². The molecule has 0 aliphatic carbocycles. The molecule has 1 aromatic carbocycles. The van der Waals surface area contributed by atoms with Crippen LogP contribution in [0.3, 0.4) is 0 Å². The zero-order valence-electron chi connectivity index (χ0n) is 14.3. The van der Waals surface area contributed by atoms with E-state index in [1.807, 2.05) is 59.0 Å². The highest BCUT2D eigenvalue weighted by atomic mass is 79.9. The Kier molecular flexibility index (Phi) is 5.24. The average molecular weight is 465 g/mol. The molecule has 0 saturated carbocycles. The Morgan fingerprint density at radius 3 is 2.89 bits per heavy atom. The van der Waals surface area contributed by atoms with Crippen LogP contribution >= 0.6 is 38.9 Å². The van der Waals surface area contributed by atoms with Crippen molar-refractivity contribution in [3.05, 3.63) is 69.0 Å². The van der Waals surface area contributed by atoms with Gasteiger partial charge in [0.25, 0.3) is 0 Å². The van der Waals surface area contributed by atoms with Crippen LogP contribution in [0.2, 0.25) is 5.02 Å². The molecule has 1 N–H and O–H groups in total. The maximum absolute atomic E-state index is 6.21. The third-order valence-corrected chi connectivity index (χ3v) is 5.72. The van der Waals surface area contributed by atoms with Gasteiger partial charge in [0.05, 0.1) is 17.2 Å². The molecule has 0 unspecified atom stereocenters. The molecule has 7 nitrogen and oxygen atoms in total. The molecule has 0 amide bonds. The number of hydrogen-bond donors (Lipinski definition) is 1. The monoisotopic (exact) mass is 463 g/mol. The predicted octanol–water partition coefficient (Wildman–Crippen LogP) is 4.75. The fraction of sp³-hybridized carbons (Fsp3) is 0.176. The summed E-state index contributed by atoms with van der Waals surface area (Å²) in [5.41, 5.74) is 1.02. The first kappa shape index (κ1) is 18.1. The first-order chi connectivity index (χ1) is 13.1. The summed E-state index contributed by atoms with van der Waals surface area (Å²) in [6, 6.07) is 9.64. The molecule has 4 rings (SSSR count). The molecule has 0 bridgehead atoms. The first-order valence-corrected chi connectivity index (χ1v) is 10.1. The predicted molar refractivity (Wildman–Crippen MR) is 110 cm³/mol. The van der Waals surface area contributed by atoms with E-state index in [4.69, 9.17) is 11.6 Å². The smallest absolute Gasteiger partial charge is 0.211 e. The quantitative estimate of drug-likeness (QED) is 0.446. The van der Waals surface area contributed by atoms with Crippen LogP contribution in [0, 0.1) is 0 Å². The molecule has 0 fully saturated rings. The summed E-state index contributed by atoms with van der Waals surface area (Å²) >= 11 is 11.1. The normalized spacial score (nSPS) is 12.3. The van der Waals surface area contributed by atoms with Gasteiger partial charge in [-0.3, -0.25) is 9.36 Å². The molecule has 3 heterocycles. The van der Waals surface area contributed by atoms with Gasteiger partial charge >= 0.3 is 0 Å². The minimum atomic E-state index is 0.00197. The van der Waals surface area contributed by atoms with Crippen molar-refractivity contribution in [3.63, 3.8) is 0 Å². The molecule has 4 aromatic rings. The Morgan fingerprint density at radius 2 is 2.11 bits per heavy atom. The van der Waals surface area contributed by atoms with E-state index < -0.39 is 0 Å². The highest BCUT2D eigenvalue weighted by Crippen LogP contribution is 2.27. The minimum Gasteiger partial charge on any atom is -0.313 e. The topological polar surface area (TPSA) is 73.5 Å². The Bertz CT molecular complexity index is 1060. The van der Waals surface area contributed by atoms with Crippen molar-refractivity contribution >= 4 is 49.8 Å². The molecule has 1 atom stereocenters. The summed E-state index contributed by atoms with van der Waals surface area (Å²) in [5.74, 6) is 0.708. The van der Waals surface area contributed by atoms with Gasteiger partial charge in [-0.05, 0) is 34.5 Å². The van der Waals surface area contributed by atoms with Crippen molar-refractivity contribution in [2.45, 2.75) is 19.5 Å². The lowest BCUT2D eigenvalue weighted by Crippen LogP contribution is -2.06. The van der Waals surface area contributed by atoms with E-state index in [2.05, 4.69) is 41.6 Å². The van der Waals surface area contributed by atoms with E-state index in [1.54, 1.807) is 6.20 Å². The maximum atomic E-state index is 6.21. The molecule has 0 aliphatic rings. The van der Waals surface area contributed by atoms with Gasteiger partial charge in [0.1, 0.15) is 11.0 Å². The molecule has 138 valence electrons. The van der Waals surface area contributed by atoms with Crippen LogP contribution in [0.15, 0.2) is 53.4 Å². The second-order valence-corrected chi connectivity index (χ2v) is 8.21. The van der Waals surface area contributed by atoms with Crippen LogP contribution in [-0.4, -0.2) is 29.8 Å². The minimum absolute atomic E-state index is 0.00197. The van der Waals surface area contributed by atoms with Gasteiger partial charge in [0, 0.05) is 23.5 Å². The van der Waals surface area contributed by atoms with Crippen LogP contribution < -0.4 is 5.32 Å². The van der Waals surface area contributed by atoms with Crippen LogP contribution in [0.4, 0.5) is 10.9 Å². The number of hydrogen-bond acceptors (Lipinski definition) is 6. The lowest BCUT2D eigenvalue weighted by atomic mass is 10.2. The van der Waals surface area contributed by atoms with Gasteiger partial charge in [-0.2, -0.15) is 10.2 Å². The van der Waals surface area contributed by atoms with E-state index in [0.717, 1.165) is 20.1 Å². The summed E-state index contributed by atoms with van der Waals surface area (Å²) in [7, 11) is 0. The number of halogens is 2. The number of aromatic nitrogens is 6. The van der Waals surface area contributed by atoms with Crippen LogP contribution in [0.25, 0.3) is 0 Å². The van der Waals surface area contributed by atoms with Gasteiger partial charge in [-0.15, -0.1) is 10.2 Å². The number of anilines is 2. The molecule has 27 heavy (non-hydrogen) atoms. The van der Waals surface area contributed by atoms with Crippen LogP contribution in [-0.2, 0) is 6.54 Å². The fourth-order valence-corrected chi connectivity index (χ4v) is 3.81. The largest absolute Gasteiger partial charge is 0.313 e. The first-order valence-electron chi connectivity index (χ1n) is 8.15. The van der Waals surface area contributed by atoms with Gasteiger partial charge < -0.3 is 5.32 Å². The zero-order valence-corrected chi connectivity index (χ0v) is 17.4. The molecule has 0 radical (unpaired) electrons. The van der Waals surface area contributed by atoms with Crippen molar-refractivity contribution in [2.24, 2.45) is 0 Å². The summed E-state index contributed by atoms with van der Waals surface area (Å²) in [4.78, 5) is 0. The highest BCUT2D eigenvalue weighted by molar-refractivity contribution is 9.10. The third-order valence-electron chi connectivity index (χ3n) is 3.93. The molecular weight excluding hydrogens is 450 g/mol. The second kappa shape index (κ2) is 7.79. The second-order valence-electron chi connectivity index (χ2n) is 5.87. The summed E-state index contributed by atoms with van der Waals surface area (Å²) < 4.78 is 4.60. The van der Waals surface area contributed by atoms with Gasteiger partial charge in [0.2, 0.25) is 5.13 Å². The fourth-order valence-electron chi connectivity index (χ4n) is 2.52. The number of benzene rings is 1. The van der Waals surface area contributed by atoms with Gasteiger partial charge in [-0.1, -0.05) is 41.1 Å². The van der Waals surface area contributed by atoms with Crippen molar-refractivity contribution in [1.82, 2.24) is 29.8 Å². The summed E-state index contributed by atoms with van der Waals surface area (Å²) in [6.07, 6.45) is 5.56. The Morgan fingerprint density at radius 1 is 1.26 bits per heavy atom. The van der Waals surface area contributed by atoms with Crippen LogP contribution in [0.1, 0.15) is 23.5 Å². The zero-order chi connectivity index (χ0) is 18.8. The van der Waals surface area contributed by atoms with Crippen LogP contribution in [0.5, 0.6) is 0 Å². The molecule has 0 saturated heterocycles. The van der Waals surface area contributed by atoms with E-state index in [1.165, 1.54) is 11.3 Å². The summed E-state index contributed by atoms with van der Waals surface area (Å²) in [6.45, 7) is 2.63. The maximum Gasteiger partial charge on any atom is 0.211 e. The SMILES string of the molecule is C[C@H](c1nnc(Nc2ccn(Cc3ccccc3Cl)n2)s1)n1cc(Br)cn1. The molecular formula is C17H15BrClN7S. The Balaban J connectivity index is 1.44. The average Bonchev–Trinajstić information content (AvgIpc) is 3.39. The molecule has 10 heteroatoms. The molecule has 3 aromatic heterocycles. The lowest BCUT2D eigenvalue weighted by molar-refractivity contribution is 0.557. The standard InChI is InChI=1S/C17H15BrClN7S/c1-11(26-10-13(18)8-20-26)16-22-23-17(27-16)21-15-6-7-25(24-15)9-12-4-2-3-5-14(12)19/h2-8,10-11H,9H2,1H3,(H,21,23,24)/t11-/m1/s1. The van der Waals surface area contributed by atoms with Gasteiger partial charge in [0.15, 0.2) is 5.82 Å². The van der Waals surface area contributed by atoms with E-state index in [0.29, 0.717) is 17.5 Å².